The van der Waals surface area contributed by atoms with Gasteiger partial charge < -0.3 is 9.26 Å². The van der Waals surface area contributed by atoms with E-state index in [1.807, 2.05) is 13.0 Å². The van der Waals surface area contributed by atoms with Crippen molar-refractivity contribution in [2.24, 2.45) is 0 Å². The van der Waals surface area contributed by atoms with E-state index in [9.17, 15) is 0 Å². The molecule has 0 aliphatic heterocycles. The summed E-state index contributed by atoms with van der Waals surface area (Å²) in [6, 6.07) is 8.86. The van der Waals surface area contributed by atoms with Gasteiger partial charge in [-0.15, -0.1) is 0 Å². The maximum absolute atomic E-state index is 8.62. The lowest BCUT2D eigenvalue weighted by atomic mass is 10.2. The van der Waals surface area contributed by atoms with E-state index in [0.717, 1.165) is 30.0 Å². The molecule has 0 aliphatic carbocycles. The van der Waals surface area contributed by atoms with Crippen LogP contribution in [0.3, 0.4) is 0 Å². The summed E-state index contributed by atoms with van der Waals surface area (Å²) in [5, 5.41) is 19.8. The molecular weight excluding hydrogens is 258 g/mol. The van der Waals surface area contributed by atoms with E-state index < -0.39 is 0 Å². The highest BCUT2D eigenvalue weighted by Gasteiger charge is 2.02. The lowest BCUT2D eigenvalue weighted by Gasteiger charge is -2.06. The first-order valence-electron chi connectivity index (χ1n) is 6.33. The second-order valence-corrected chi connectivity index (χ2v) is 4.40. The zero-order valence-corrected chi connectivity index (χ0v) is 11.2. The Morgan fingerprint density at radius 1 is 1.40 bits per heavy atom. The van der Waals surface area contributed by atoms with Crippen LogP contribution in [0.5, 0.6) is 5.75 Å². The number of benzene rings is 1. The molecule has 0 radical (unpaired) electrons. The van der Waals surface area contributed by atoms with E-state index in [-0.39, 0.29) is 5.84 Å². The summed E-state index contributed by atoms with van der Waals surface area (Å²) in [6.45, 7) is 2.47. The first-order chi connectivity index (χ1) is 9.69. The number of rotatable bonds is 6. The predicted octanol–water partition coefficient (Wildman–Crippen LogP) is 2.30. The van der Waals surface area contributed by atoms with Crippen LogP contribution in [0.4, 0.5) is 0 Å². The van der Waals surface area contributed by atoms with Gasteiger partial charge >= 0.3 is 0 Å². The number of nitrogens with zero attached hydrogens (tertiary/aromatic N) is 1. The molecular formula is C14H17N3O3. The third kappa shape index (κ3) is 3.83. The van der Waals surface area contributed by atoms with E-state index in [1.165, 1.54) is 0 Å². The van der Waals surface area contributed by atoms with Crippen molar-refractivity contribution in [3.63, 3.8) is 0 Å². The largest absolute Gasteiger partial charge is 0.494 e. The van der Waals surface area contributed by atoms with Gasteiger partial charge in [0.2, 0.25) is 0 Å². The summed E-state index contributed by atoms with van der Waals surface area (Å²) in [6.07, 6.45) is 1.63. The number of hydrogen-bond donors (Lipinski definition) is 3. The van der Waals surface area contributed by atoms with Gasteiger partial charge in [0.25, 0.3) is 0 Å². The van der Waals surface area contributed by atoms with E-state index in [2.05, 4.69) is 5.16 Å². The van der Waals surface area contributed by atoms with Crippen LogP contribution < -0.4 is 10.2 Å². The molecule has 1 aromatic carbocycles. The topological polar surface area (TPSA) is 91.4 Å². The molecule has 1 heterocycles. The number of amidine groups is 1. The van der Waals surface area contributed by atoms with Crippen molar-refractivity contribution in [1.82, 2.24) is 10.6 Å². The van der Waals surface area contributed by atoms with Crippen LogP contribution in [-0.2, 0) is 6.42 Å². The molecule has 0 fully saturated rings. The fourth-order valence-corrected chi connectivity index (χ4v) is 1.75. The standard InChI is InChI=1S/C14H17N3O3/c1-10-9-13(20-17-10)3-2-8-19-12-6-4-11(5-7-12)14(15)16-18/h4-7,9,18H,2-3,8H2,1H3,(H2,15,16). The Hall–Kier alpha value is -2.34. The molecule has 0 amide bonds. The number of aryl methyl sites for hydroxylation is 2. The van der Waals surface area contributed by atoms with Crippen molar-refractivity contribution < 1.29 is 14.5 Å². The Labute approximate surface area is 116 Å². The molecule has 0 spiro atoms. The van der Waals surface area contributed by atoms with Crippen LogP contribution in [-0.4, -0.2) is 22.8 Å². The summed E-state index contributed by atoms with van der Waals surface area (Å²) in [5.41, 5.74) is 3.28. The van der Waals surface area contributed by atoms with E-state index in [1.54, 1.807) is 29.7 Å². The molecule has 2 rings (SSSR count). The monoisotopic (exact) mass is 275 g/mol. The van der Waals surface area contributed by atoms with Gasteiger partial charge in [0.05, 0.1) is 12.3 Å². The van der Waals surface area contributed by atoms with Crippen LogP contribution >= 0.6 is 0 Å². The van der Waals surface area contributed by atoms with Gasteiger partial charge in [-0.1, -0.05) is 5.16 Å². The Bertz CT molecular complexity index is 563. The van der Waals surface area contributed by atoms with E-state index in [0.29, 0.717) is 12.2 Å². The number of ether oxygens (including phenoxy) is 1. The van der Waals surface area contributed by atoms with E-state index >= 15 is 0 Å². The Balaban J connectivity index is 1.75. The SMILES string of the molecule is Cc1cc(CCCOc2ccc(C(=N)NO)cc2)on1. The second kappa shape index (κ2) is 6.72. The molecule has 0 saturated heterocycles. The van der Waals surface area contributed by atoms with Crippen molar-refractivity contribution >= 4 is 5.84 Å². The Morgan fingerprint density at radius 2 is 2.15 bits per heavy atom. The molecule has 6 heteroatoms. The average Bonchev–Trinajstić information content (AvgIpc) is 2.89. The summed E-state index contributed by atoms with van der Waals surface area (Å²) >= 11 is 0. The van der Waals surface area contributed by atoms with Crippen molar-refractivity contribution in [2.75, 3.05) is 6.61 Å². The summed E-state index contributed by atoms with van der Waals surface area (Å²) in [7, 11) is 0. The molecule has 6 nitrogen and oxygen atoms in total. The quantitative estimate of drug-likeness (QED) is 0.325. The van der Waals surface area contributed by atoms with Crippen molar-refractivity contribution in [1.29, 1.82) is 5.41 Å². The second-order valence-electron chi connectivity index (χ2n) is 4.40. The molecule has 0 unspecified atom stereocenters. The maximum Gasteiger partial charge on any atom is 0.149 e. The molecule has 0 saturated carbocycles. The number of nitrogens with one attached hydrogen (secondary N) is 2. The van der Waals surface area contributed by atoms with Gasteiger partial charge in [0.1, 0.15) is 17.3 Å². The molecule has 3 N–H and O–H groups in total. The highest BCUT2D eigenvalue weighted by molar-refractivity contribution is 5.95. The van der Waals surface area contributed by atoms with Crippen molar-refractivity contribution in [3.8, 4) is 5.75 Å². The van der Waals surface area contributed by atoms with Crippen LogP contribution in [0.15, 0.2) is 34.9 Å². The van der Waals surface area contributed by atoms with E-state index in [4.69, 9.17) is 19.9 Å². The minimum absolute atomic E-state index is 0.0442. The molecule has 2 aromatic rings. The van der Waals surface area contributed by atoms with Gasteiger partial charge in [0, 0.05) is 18.1 Å². The summed E-state index contributed by atoms with van der Waals surface area (Å²) in [4.78, 5) is 0. The molecule has 20 heavy (non-hydrogen) atoms. The van der Waals surface area contributed by atoms with Crippen molar-refractivity contribution in [3.05, 3.63) is 47.3 Å². The number of hydrogen-bond acceptors (Lipinski definition) is 5. The van der Waals surface area contributed by atoms with Gasteiger partial charge in [-0.05, 0) is 37.6 Å². The summed E-state index contributed by atoms with van der Waals surface area (Å²) < 4.78 is 10.7. The first-order valence-corrected chi connectivity index (χ1v) is 6.33. The van der Waals surface area contributed by atoms with Gasteiger partial charge in [-0.25, -0.2) is 0 Å². The van der Waals surface area contributed by atoms with Crippen LogP contribution in [0.2, 0.25) is 0 Å². The molecule has 0 bridgehead atoms. The fraction of sp³-hybridized carbons (Fsp3) is 0.286. The minimum atomic E-state index is -0.0442. The lowest BCUT2D eigenvalue weighted by Crippen LogP contribution is -2.18. The number of aromatic nitrogens is 1. The predicted molar refractivity (Wildman–Crippen MR) is 73.2 cm³/mol. The zero-order chi connectivity index (χ0) is 14.4. The third-order valence-electron chi connectivity index (χ3n) is 2.77. The maximum atomic E-state index is 8.62. The van der Waals surface area contributed by atoms with Crippen LogP contribution in [0.1, 0.15) is 23.4 Å². The smallest absolute Gasteiger partial charge is 0.149 e. The minimum Gasteiger partial charge on any atom is -0.494 e. The van der Waals surface area contributed by atoms with Gasteiger partial charge in [-0.3, -0.25) is 16.1 Å². The zero-order valence-electron chi connectivity index (χ0n) is 11.2. The lowest BCUT2D eigenvalue weighted by molar-refractivity contribution is 0.234. The molecule has 106 valence electrons. The van der Waals surface area contributed by atoms with Crippen molar-refractivity contribution in [2.45, 2.75) is 19.8 Å². The third-order valence-corrected chi connectivity index (χ3v) is 2.77. The fourth-order valence-electron chi connectivity index (χ4n) is 1.75. The Morgan fingerprint density at radius 3 is 2.75 bits per heavy atom. The molecule has 0 aliphatic rings. The van der Waals surface area contributed by atoms with Crippen LogP contribution in [0, 0.1) is 12.3 Å². The molecule has 1 aromatic heterocycles. The average molecular weight is 275 g/mol. The van der Waals surface area contributed by atoms with Crippen LogP contribution in [0.25, 0.3) is 0 Å². The highest BCUT2D eigenvalue weighted by atomic mass is 16.5. The molecule has 0 atom stereocenters. The van der Waals surface area contributed by atoms with Gasteiger partial charge in [0.15, 0.2) is 0 Å². The Kier molecular flexibility index (Phi) is 4.73. The first kappa shape index (κ1) is 14.1. The summed E-state index contributed by atoms with van der Waals surface area (Å²) in [5.74, 6) is 1.55. The highest BCUT2D eigenvalue weighted by Crippen LogP contribution is 2.13. The normalized spacial score (nSPS) is 10.3. The van der Waals surface area contributed by atoms with Gasteiger partial charge in [-0.2, -0.15) is 0 Å². The number of hydroxylamine groups is 1.